The minimum absolute atomic E-state index is 0.0354. The molecule has 0 saturated carbocycles. The Kier molecular flexibility index (Phi) is 7.34. The highest BCUT2D eigenvalue weighted by Gasteiger charge is 2.39. The summed E-state index contributed by atoms with van der Waals surface area (Å²) in [5.41, 5.74) is 1.45. The van der Waals surface area contributed by atoms with Crippen LogP contribution in [0.2, 0.25) is 0 Å². The molecule has 0 aliphatic carbocycles. The van der Waals surface area contributed by atoms with Crippen LogP contribution in [0, 0.1) is 0 Å². The molecule has 24 heavy (non-hydrogen) atoms. The van der Waals surface area contributed by atoms with E-state index < -0.39 is 18.1 Å². The van der Waals surface area contributed by atoms with Crippen molar-refractivity contribution in [1.29, 1.82) is 0 Å². The summed E-state index contributed by atoms with van der Waals surface area (Å²) < 4.78 is 47.5. The smallest absolute Gasteiger partial charge is 0.471 e. The molecular formula is C16H22F3NO4. The number of benzene rings is 1. The molecule has 0 aliphatic rings. The van der Waals surface area contributed by atoms with E-state index in [2.05, 4.69) is 0 Å². The summed E-state index contributed by atoms with van der Waals surface area (Å²) in [6, 6.07) is 2.69. The molecule has 2 N–H and O–H groups in total. The fourth-order valence-electron chi connectivity index (χ4n) is 2.34. The van der Waals surface area contributed by atoms with Crippen LogP contribution in [0.1, 0.15) is 24.5 Å². The summed E-state index contributed by atoms with van der Waals surface area (Å²) in [7, 11) is 2.95. The molecule has 0 aromatic heterocycles. The molecule has 0 spiro atoms. The van der Waals surface area contributed by atoms with Gasteiger partial charge in [0.15, 0.2) is 0 Å². The van der Waals surface area contributed by atoms with E-state index in [1.54, 1.807) is 12.1 Å². The fourth-order valence-corrected chi connectivity index (χ4v) is 2.34. The van der Waals surface area contributed by atoms with Crippen molar-refractivity contribution < 1.29 is 32.5 Å². The van der Waals surface area contributed by atoms with Crippen LogP contribution < -0.4 is 14.8 Å². The van der Waals surface area contributed by atoms with Crippen molar-refractivity contribution in [1.82, 2.24) is 5.32 Å². The number of ether oxygens (including phenoxy) is 2. The molecule has 1 amide bonds. The number of carbonyl (C=O) groups is 1. The summed E-state index contributed by atoms with van der Waals surface area (Å²) >= 11 is 0. The van der Waals surface area contributed by atoms with Crippen LogP contribution in [-0.2, 0) is 17.6 Å². The van der Waals surface area contributed by atoms with Gasteiger partial charge in [-0.15, -0.1) is 0 Å². The van der Waals surface area contributed by atoms with E-state index in [-0.39, 0.29) is 13.0 Å². The average Bonchev–Trinajstić information content (AvgIpc) is 2.51. The van der Waals surface area contributed by atoms with Crippen molar-refractivity contribution in [2.24, 2.45) is 0 Å². The van der Waals surface area contributed by atoms with Gasteiger partial charge in [0.1, 0.15) is 11.5 Å². The van der Waals surface area contributed by atoms with E-state index in [0.29, 0.717) is 29.9 Å². The molecule has 8 heteroatoms. The lowest BCUT2D eigenvalue weighted by molar-refractivity contribution is -0.174. The van der Waals surface area contributed by atoms with Crippen molar-refractivity contribution in [3.05, 3.63) is 23.3 Å². The van der Waals surface area contributed by atoms with Crippen molar-refractivity contribution in [2.75, 3.05) is 20.8 Å². The van der Waals surface area contributed by atoms with Crippen LogP contribution in [0.15, 0.2) is 12.1 Å². The number of rotatable bonds is 8. The number of aliphatic hydroxyl groups excluding tert-OH is 1. The highest BCUT2D eigenvalue weighted by Crippen LogP contribution is 2.30. The molecule has 0 saturated heterocycles. The highest BCUT2D eigenvalue weighted by atomic mass is 19.4. The van der Waals surface area contributed by atoms with Crippen molar-refractivity contribution in [3.8, 4) is 11.5 Å². The van der Waals surface area contributed by atoms with Crippen molar-refractivity contribution in [2.45, 2.75) is 38.4 Å². The largest absolute Gasteiger partial charge is 0.496 e. The quantitative estimate of drug-likeness (QED) is 0.755. The zero-order valence-corrected chi connectivity index (χ0v) is 13.9. The number of amides is 1. The van der Waals surface area contributed by atoms with Gasteiger partial charge in [-0.05, 0) is 49.4 Å². The molecule has 1 aromatic carbocycles. The molecule has 1 aromatic rings. The first-order valence-electron chi connectivity index (χ1n) is 7.45. The second-order valence-electron chi connectivity index (χ2n) is 5.38. The summed E-state index contributed by atoms with van der Waals surface area (Å²) in [6.07, 6.45) is -3.63. The van der Waals surface area contributed by atoms with Gasteiger partial charge in [0.05, 0.1) is 14.2 Å². The summed E-state index contributed by atoms with van der Waals surface area (Å²) in [4.78, 5) is 11.0. The van der Waals surface area contributed by atoms with E-state index >= 15 is 0 Å². The van der Waals surface area contributed by atoms with E-state index in [0.717, 1.165) is 5.56 Å². The Balaban J connectivity index is 2.95. The maximum absolute atomic E-state index is 12.3. The zero-order valence-electron chi connectivity index (χ0n) is 13.9. The second-order valence-corrected chi connectivity index (χ2v) is 5.38. The zero-order chi connectivity index (χ0) is 18.3. The Morgan fingerprint density at radius 1 is 1.21 bits per heavy atom. The molecule has 5 nitrogen and oxygen atoms in total. The lowest BCUT2D eigenvalue weighted by Gasteiger charge is -2.19. The lowest BCUT2D eigenvalue weighted by Crippen LogP contribution is -2.42. The molecule has 1 rings (SSSR count). The minimum Gasteiger partial charge on any atom is -0.496 e. The van der Waals surface area contributed by atoms with Gasteiger partial charge in [-0.25, -0.2) is 0 Å². The molecule has 136 valence electrons. The third-order valence-electron chi connectivity index (χ3n) is 3.45. The number of hydrogen-bond donors (Lipinski definition) is 2. The number of methoxy groups -OCH3 is 2. The predicted molar refractivity (Wildman–Crippen MR) is 82.3 cm³/mol. The SMILES string of the molecule is COc1cc(C[C@@H](C)NC(=O)C(F)(F)F)c(OC)cc1CCCO. The van der Waals surface area contributed by atoms with E-state index in [4.69, 9.17) is 14.6 Å². The maximum Gasteiger partial charge on any atom is 0.471 e. The number of alkyl halides is 3. The van der Waals surface area contributed by atoms with Crippen LogP contribution in [0.4, 0.5) is 13.2 Å². The van der Waals surface area contributed by atoms with Crippen LogP contribution in [0.5, 0.6) is 11.5 Å². The molecule has 0 heterocycles. The van der Waals surface area contributed by atoms with E-state index in [9.17, 15) is 18.0 Å². The van der Waals surface area contributed by atoms with Crippen molar-refractivity contribution >= 4 is 5.91 Å². The summed E-state index contributed by atoms with van der Waals surface area (Å²) in [5, 5.41) is 10.8. The number of carbonyl (C=O) groups excluding carboxylic acids is 1. The standard InChI is InChI=1S/C16H22F3NO4/c1-10(20-15(22)16(17,18)19)7-12-9-13(23-2)11(5-4-6-21)8-14(12)24-3/h8-10,21H,4-7H2,1-3H3,(H,20,22)/t10-/m1/s1. The van der Waals surface area contributed by atoms with Crippen LogP contribution in [-0.4, -0.2) is 44.1 Å². The third kappa shape index (κ3) is 5.59. The first-order valence-corrected chi connectivity index (χ1v) is 7.45. The Hall–Kier alpha value is -1.96. The van der Waals surface area contributed by atoms with Crippen molar-refractivity contribution in [3.63, 3.8) is 0 Å². The third-order valence-corrected chi connectivity index (χ3v) is 3.45. The van der Waals surface area contributed by atoms with Crippen LogP contribution >= 0.6 is 0 Å². The molecule has 0 unspecified atom stereocenters. The topological polar surface area (TPSA) is 67.8 Å². The molecule has 0 aliphatic heterocycles. The van der Waals surface area contributed by atoms with E-state index in [1.165, 1.54) is 21.1 Å². The Labute approximate surface area is 138 Å². The van der Waals surface area contributed by atoms with Gasteiger partial charge in [-0.3, -0.25) is 4.79 Å². The molecule has 0 fully saturated rings. The van der Waals surface area contributed by atoms with Gasteiger partial charge in [-0.1, -0.05) is 0 Å². The monoisotopic (exact) mass is 349 g/mol. The van der Waals surface area contributed by atoms with Gasteiger partial charge in [-0.2, -0.15) is 13.2 Å². The normalized spacial score (nSPS) is 12.6. The number of aryl methyl sites for hydroxylation is 1. The van der Waals surface area contributed by atoms with Gasteiger partial charge in [0.25, 0.3) is 0 Å². The minimum atomic E-state index is -4.91. The van der Waals surface area contributed by atoms with Crippen LogP contribution in [0.3, 0.4) is 0 Å². The first kappa shape index (κ1) is 20.1. The fraction of sp³-hybridized carbons (Fsp3) is 0.562. The van der Waals surface area contributed by atoms with Gasteiger partial charge < -0.3 is 19.9 Å². The van der Waals surface area contributed by atoms with Gasteiger partial charge in [0.2, 0.25) is 0 Å². The number of nitrogens with one attached hydrogen (secondary N) is 1. The predicted octanol–water partition coefficient (Wildman–Crippen LogP) is 2.24. The molecule has 0 radical (unpaired) electrons. The Bertz CT molecular complexity index is 561. The second kappa shape index (κ2) is 8.77. The summed E-state index contributed by atoms with van der Waals surface area (Å²) in [6.45, 7) is 1.52. The lowest BCUT2D eigenvalue weighted by atomic mass is 10.0. The number of halogens is 3. The average molecular weight is 349 g/mol. The highest BCUT2D eigenvalue weighted by molar-refractivity contribution is 5.81. The number of aliphatic hydroxyl groups is 1. The first-order chi connectivity index (χ1) is 11.2. The van der Waals surface area contributed by atoms with Crippen LogP contribution in [0.25, 0.3) is 0 Å². The number of hydrogen-bond acceptors (Lipinski definition) is 4. The molecular weight excluding hydrogens is 327 g/mol. The van der Waals surface area contributed by atoms with Gasteiger partial charge in [0, 0.05) is 12.6 Å². The molecule has 1 atom stereocenters. The molecule has 0 bridgehead atoms. The Morgan fingerprint density at radius 3 is 2.25 bits per heavy atom. The maximum atomic E-state index is 12.3. The summed E-state index contributed by atoms with van der Waals surface area (Å²) in [5.74, 6) is -0.911. The van der Waals surface area contributed by atoms with E-state index in [1.807, 2.05) is 5.32 Å². The van der Waals surface area contributed by atoms with Gasteiger partial charge >= 0.3 is 12.1 Å². The Morgan fingerprint density at radius 2 is 1.75 bits per heavy atom.